The van der Waals surface area contributed by atoms with Crippen molar-refractivity contribution in [1.82, 2.24) is 15.3 Å². The first-order valence-corrected chi connectivity index (χ1v) is 11.2. The van der Waals surface area contributed by atoms with Crippen molar-refractivity contribution < 1.29 is 9.59 Å². The van der Waals surface area contributed by atoms with Crippen molar-refractivity contribution in [2.24, 2.45) is 0 Å². The third-order valence-electron chi connectivity index (χ3n) is 4.22. The van der Waals surface area contributed by atoms with E-state index < -0.39 is 5.91 Å². The summed E-state index contributed by atoms with van der Waals surface area (Å²) in [7, 11) is 0. The van der Waals surface area contributed by atoms with Crippen molar-refractivity contribution in [2.45, 2.75) is 24.3 Å². The van der Waals surface area contributed by atoms with Crippen LogP contribution in [0, 0.1) is 6.92 Å². The average molecular weight is 475 g/mol. The molecule has 1 heterocycles. The maximum absolute atomic E-state index is 12.5. The Hall–Kier alpha value is -2.61. The highest BCUT2D eigenvalue weighted by Crippen LogP contribution is 2.25. The molecule has 0 aliphatic rings. The fourth-order valence-corrected chi connectivity index (χ4v) is 3.85. The van der Waals surface area contributed by atoms with Crippen LogP contribution in [0.15, 0.2) is 59.9 Å². The molecule has 2 aromatic carbocycles. The van der Waals surface area contributed by atoms with Gasteiger partial charge in [0.15, 0.2) is 10.9 Å². The summed E-state index contributed by atoms with van der Waals surface area (Å²) < 4.78 is 0. The number of thioether (sulfide) groups is 1. The van der Waals surface area contributed by atoms with Crippen LogP contribution in [0.4, 0.5) is 5.69 Å². The van der Waals surface area contributed by atoms with Gasteiger partial charge < -0.3 is 10.6 Å². The second-order valence-corrected chi connectivity index (χ2v) is 8.41. The molecule has 0 aliphatic carbocycles. The molecule has 0 aliphatic heterocycles. The van der Waals surface area contributed by atoms with Gasteiger partial charge in [0.1, 0.15) is 0 Å². The molecule has 0 spiro atoms. The lowest BCUT2D eigenvalue weighted by atomic mass is 10.2. The van der Waals surface area contributed by atoms with E-state index >= 15 is 0 Å². The van der Waals surface area contributed by atoms with E-state index in [9.17, 15) is 9.59 Å². The highest BCUT2D eigenvalue weighted by molar-refractivity contribution is 7.98. The molecular formula is C22H20Cl2N4O2S. The molecule has 31 heavy (non-hydrogen) atoms. The van der Waals surface area contributed by atoms with Gasteiger partial charge in [0.05, 0.1) is 11.2 Å². The monoisotopic (exact) mass is 474 g/mol. The van der Waals surface area contributed by atoms with Crippen molar-refractivity contribution in [2.75, 3.05) is 11.9 Å². The van der Waals surface area contributed by atoms with Gasteiger partial charge in [-0.1, -0.05) is 70.9 Å². The number of amides is 2. The first kappa shape index (κ1) is 23.1. The fourth-order valence-electron chi connectivity index (χ4n) is 2.57. The van der Waals surface area contributed by atoms with Crippen LogP contribution in [-0.2, 0) is 10.5 Å². The van der Waals surface area contributed by atoms with E-state index in [4.69, 9.17) is 23.2 Å². The second kappa shape index (κ2) is 11.1. The number of hydrogen-bond donors (Lipinski definition) is 2. The lowest BCUT2D eigenvalue weighted by molar-refractivity contribution is -0.116. The van der Waals surface area contributed by atoms with Crippen molar-refractivity contribution in [3.8, 4) is 0 Å². The van der Waals surface area contributed by atoms with Crippen LogP contribution >= 0.6 is 35.0 Å². The Morgan fingerprint density at radius 2 is 1.77 bits per heavy atom. The number of benzene rings is 2. The number of carbonyl (C=O) groups excluding carboxylic acids is 2. The number of hydrogen-bond acceptors (Lipinski definition) is 5. The summed E-state index contributed by atoms with van der Waals surface area (Å²) in [5.41, 5.74) is 2.83. The molecule has 0 fully saturated rings. The summed E-state index contributed by atoms with van der Waals surface area (Å²) in [6.45, 7) is 2.12. The van der Waals surface area contributed by atoms with E-state index in [1.54, 1.807) is 0 Å². The quantitative estimate of drug-likeness (QED) is 0.348. The predicted octanol–water partition coefficient (Wildman–Crippen LogP) is 5.14. The molecule has 9 heteroatoms. The topological polar surface area (TPSA) is 84.0 Å². The van der Waals surface area contributed by atoms with Crippen LogP contribution in [0.25, 0.3) is 0 Å². The SMILES string of the molecule is Cc1ccc(NC(=O)CCNC(=O)c2nc(SCc3ccccc3Cl)ncc2Cl)cc1. The van der Waals surface area contributed by atoms with Crippen LogP contribution < -0.4 is 10.6 Å². The van der Waals surface area contributed by atoms with Crippen LogP contribution in [0.3, 0.4) is 0 Å². The lowest BCUT2D eigenvalue weighted by Crippen LogP contribution is -2.28. The van der Waals surface area contributed by atoms with Crippen molar-refractivity contribution >= 4 is 52.5 Å². The number of rotatable bonds is 8. The molecule has 2 amide bonds. The largest absolute Gasteiger partial charge is 0.350 e. The normalized spacial score (nSPS) is 10.5. The van der Waals surface area contributed by atoms with E-state index in [0.29, 0.717) is 21.6 Å². The molecule has 0 radical (unpaired) electrons. The van der Waals surface area contributed by atoms with Gasteiger partial charge in [-0.2, -0.15) is 0 Å². The lowest BCUT2D eigenvalue weighted by Gasteiger charge is -2.09. The minimum absolute atomic E-state index is 0.0669. The Bertz CT molecular complexity index is 1080. The highest BCUT2D eigenvalue weighted by Gasteiger charge is 2.15. The van der Waals surface area contributed by atoms with E-state index in [1.807, 2.05) is 55.5 Å². The van der Waals surface area contributed by atoms with Gasteiger partial charge in [-0.05, 0) is 30.7 Å². The molecule has 0 atom stereocenters. The standard InChI is InChI=1S/C22H20Cl2N4O2S/c1-14-6-8-16(9-7-14)27-19(29)10-11-25-21(30)20-18(24)12-26-22(28-20)31-13-15-4-2-3-5-17(15)23/h2-9,12H,10-11,13H2,1H3,(H,25,30)(H,27,29). The molecule has 1 aromatic heterocycles. The fraction of sp³-hybridized carbons (Fsp3) is 0.182. The first-order valence-electron chi connectivity index (χ1n) is 9.46. The molecule has 0 saturated heterocycles. The molecule has 0 bridgehead atoms. The predicted molar refractivity (Wildman–Crippen MR) is 125 cm³/mol. The minimum atomic E-state index is -0.463. The van der Waals surface area contributed by atoms with E-state index in [1.165, 1.54) is 18.0 Å². The number of aryl methyl sites for hydroxylation is 1. The summed E-state index contributed by atoms with van der Waals surface area (Å²) in [5, 5.41) is 6.66. The van der Waals surface area contributed by atoms with Crippen molar-refractivity contribution in [3.63, 3.8) is 0 Å². The summed E-state index contributed by atoms with van der Waals surface area (Å²) in [6, 6.07) is 15.0. The number of aromatic nitrogens is 2. The molecule has 3 rings (SSSR count). The molecule has 0 saturated carbocycles. The van der Waals surface area contributed by atoms with Crippen LogP contribution in [0.5, 0.6) is 0 Å². The Morgan fingerprint density at radius 3 is 2.52 bits per heavy atom. The summed E-state index contributed by atoms with van der Waals surface area (Å²) in [5.74, 6) is -0.106. The zero-order valence-corrected chi connectivity index (χ0v) is 19.0. The van der Waals surface area contributed by atoms with E-state index in [-0.39, 0.29) is 29.6 Å². The Labute approximate surface area is 194 Å². The van der Waals surface area contributed by atoms with Crippen LogP contribution in [0.2, 0.25) is 10.0 Å². The zero-order chi connectivity index (χ0) is 22.2. The Kier molecular flexibility index (Phi) is 8.28. The smallest absolute Gasteiger partial charge is 0.271 e. The molecular weight excluding hydrogens is 455 g/mol. The number of anilines is 1. The third kappa shape index (κ3) is 6.95. The Balaban J connectivity index is 1.52. The maximum Gasteiger partial charge on any atom is 0.271 e. The molecule has 3 aromatic rings. The Morgan fingerprint density at radius 1 is 1.03 bits per heavy atom. The summed E-state index contributed by atoms with van der Waals surface area (Å²) in [4.78, 5) is 32.9. The van der Waals surface area contributed by atoms with Crippen LogP contribution in [0.1, 0.15) is 28.0 Å². The third-order valence-corrected chi connectivity index (χ3v) is 5.78. The average Bonchev–Trinajstić information content (AvgIpc) is 2.75. The van der Waals surface area contributed by atoms with Gasteiger partial charge in [-0.15, -0.1) is 0 Å². The molecule has 160 valence electrons. The van der Waals surface area contributed by atoms with Gasteiger partial charge >= 0.3 is 0 Å². The van der Waals surface area contributed by atoms with E-state index in [0.717, 1.165) is 11.1 Å². The first-order chi connectivity index (χ1) is 14.9. The van der Waals surface area contributed by atoms with Gasteiger partial charge in [-0.25, -0.2) is 9.97 Å². The van der Waals surface area contributed by atoms with Crippen molar-refractivity contribution in [1.29, 1.82) is 0 Å². The van der Waals surface area contributed by atoms with Gasteiger partial charge in [-0.3, -0.25) is 9.59 Å². The number of nitrogens with zero attached hydrogens (tertiary/aromatic N) is 2. The van der Waals surface area contributed by atoms with E-state index in [2.05, 4.69) is 20.6 Å². The number of halogens is 2. The van der Waals surface area contributed by atoms with Crippen molar-refractivity contribution in [3.05, 3.63) is 81.6 Å². The zero-order valence-electron chi connectivity index (χ0n) is 16.7. The van der Waals surface area contributed by atoms with Gasteiger partial charge in [0, 0.05) is 29.4 Å². The minimum Gasteiger partial charge on any atom is -0.350 e. The highest BCUT2D eigenvalue weighted by atomic mass is 35.5. The van der Waals surface area contributed by atoms with Crippen LogP contribution in [-0.4, -0.2) is 28.3 Å². The number of carbonyl (C=O) groups is 2. The molecule has 0 unspecified atom stereocenters. The molecule has 6 nitrogen and oxygen atoms in total. The summed E-state index contributed by atoms with van der Waals surface area (Å²) >= 11 is 13.6. The maximum atomic E-state index is 12.5. The van der Waals surface area contributed by atoms with Gasteiger partial charge in [0.2, 0.25) is 5.91 Å². The number of nitrogens with one attached hydrogen (secondary N) is 2. The molecule has 2 N–H and O–H groups in total. The van der Waals surface area contributed by atoms with Gasteiger partial charge in [0.25, 0.3) is 5.91 Å². The summed E-state index contributed by atoms with van der Waals surface area (Å²) in [6.07, 6.45) is 1.51. The second-order valence-electron chi connectivity index (χ2n) is 6.65.